The average molecular weight is 362 g/mol. The van der Waals surface area contributed by atoms with Crippen LogP contribution in [0.2, 0.25) is 10.0 Å². The molecule has 1 N–H and O–H groups in total. The molecule has 0 aromatic heterocycles. The van der Waals surface area contributed by atoms with E-state index >= 15 is 0 Å². The summed E-state index contributed by atoms with van der Waals surface area (Å²) in [6, 6.07) is 5.37. The largest absolute Gasteiger partial charge is 0.485 e. The zero-order valence-electron chi connectivity index (χ0n) is 12.8. The van der Waals surface area contributed by atoms with Gasteiger partial charge in [0.15, 0.2) is 10.9 Å². The number of halogens is 2. The van der Waals surface area contributed by atoms with Gasteiger partial charge >= 0.3 is 0 Å². The van der Waals surface area contributed by atoms with Crippen molar-refractivity contribution in [1.29, 1.82) is 0 Å². The van der Waals surface area contributed by atoms with Crippen LogP contribution in [0.5, 0.6) is 5.75 Å². The van der Waals surface area contributed by atoms with Crippen molar-refractivity contribution < 1.29 is 4.74 Å². The van der Waals surface area contributed by atoms with E-state index in [4.69, 9.17) is 40.2 Å². The van der Waals surface area contributed by atoms with Crippen LogP contribution in [-0.2, 0) is 0 Å². The van der Waals surface area contributed by atoms with Gasteiger partial charge in [-0.3, -0.25) is 0 Å². The van der Waals surface area contributed by atoms with Crippen LogP contribution in [0.1, 0.15) is 6.42 Å². The van der Waals surface area contributed by atoms with Crippen molar-refractivity contribution in [1.82, 2.24) is 15.1 Å². The number of hydrogen-bond donors (Lipinski definition) is 1. The van der Waals surface area contributed by atoms with E-state index in [0.717, 1.165) is 37.7 Å². The van der Waals surface area contributed by atoms with Gasteiger partial charge < -0.3 is 19.9 Å². The van der Waals surface area contributed by atoms with E-state index in [-0.39, 0.29) is 6.10 Å². The molecule has 1 atom stereocenters. The number of nitrogens with one attached hydrogen (secondary N) is 1. The molecule has 0 amide bonds. The fraction of sp³-hybridized carbons (Fsp3) is 0.533. The van der Waals surface area contributed by atoms with Crippen molar-refractivity contribution in [2.75, 3.05) is 40.3 Å². The molecule has 0 radical (unpaired) electrons. The SMILES string of the molecule is CN(C)CCNC(=S)N1CCC(Oc2c(Cl)cccc2Cl)C1. The summed E-state index contributed by atoms with van der Waals surface area (Å²) in [7, 11) is 4.08. The standard InChI is InChI=1S/C15H21Cl2N3OS/c1-19(2)9-7-18-15(22)20-8-6-11(10-20)21-14-12(16)4-3-5-13(14)17/h3-5,11H,6-10H2,1-2H3,(H,18,22). The summed E-state index contributed by atoms with van der Waals surface area (Å²) in [4.78, 5) is 4.24. The molecule has 0 saturated carbocycles. The first-order valence-electron chi connectivity index (χ1n) is 7.25. The van der Waals surface area contributed by atoms with Crippen LogP contribution in [0.3, 0.4) is 0 Å². The lowest BCUT2D eigenvalue weighted by Gasteiger charge is -2.22. The minimum Gasteiger partial charge on any atom is -0.485 e. The van der Waals surface area contributed by atoms with E-state index in [0.29, 0.717) is 15.8 Å². The molecule has 1 aliphatic rings. The molecule has 1 fully saturated rings. The maximum Gasteiger partial charge on any atom is 0.169 e. The summed E-state index contributed by atoms with van der Waals surface area (Å²) in [6.07, 6.45) is 0.947. The smallest absolute Gasteiger partial charge is 0.169 e. The third kappa shape index (κ3) is 4.88. The highest BCUT2D eigenvalue weighted by atomic mass is 35.5. The van der Waals surface area contributed by atoms with Crippen LogP contribution >= 0.6 is 35.4 Å². The molecular formula is C15H21Cl2N3OS. The number of likely N-dealkylation sites (N-methyl/N-ethyl adjacent to an activating group) is 1. The number of rotatable bonds is 5. The molecule has 2 rings (SSSR count). The molecule has 22 heavy (non-hydrogen) atoms. The maximum absolute atomic E-state index is 6.14. The lowest BCUT2D eigenvalue weighted by atomic mass is 10.3. The summed E-state index contributed by atoms with van der Waals surface area (Å²) in [5, 5.41) is 5.13. The van der Waals surface area contributed by atoms with Gasteiger partial charge in [0.1, 0.15) is 6.10 Å². The molecule has 0 spiro atoms. The average Bonchev–Trinajstić information content (AvgIpc) is 2.91. The highest BCUT2D eigenvalue weighted by molar-refractivity contribution is 7.80. The van der Waals surface area contributed by atoms with Crippen molar-refractivity contribution in [3.63, 3.8) is 0 Å². The first kappa shape index (κ1) is 17.6. The Bertz CT molecular complexity index is 507. The Morgan fingerprint density at radius 1 is 1.41 bits per heavy atom. The number of ether oxygens (including phenoxy) is 1. The van der Waals surface area contributed by atoms with Crippen molar-refractivity contribution in [2.45, 2.75) is 12.5 Å². The van der Waals surface area contributed by atoms with Gasteiger partial charge in [-0.05, 0) is 38.4 Å². The summed E-state index contributed by atoms with van der Waals surface area (Å²) in [5.74, 6) is 0.559. The Morgan fingerprint density at radius 3 is 2.73 bits per heavy atom. The minimum absolute atomic E-state index is 0.0472. The predicted octanol–water partition coefficient (Wildman–Crippen LogP) is 2.88. The maximum atomic E-state index is 6.14. The van der Waals surface area contributed by atoms with E-state index < -0.39 is 0 Å². The number of likely N-dealkylation sites (tertiary alicyclic amines) is 1. The van der Waals surface area contributed by atoms with Crippen molar-refractivity contribution >= 4 is 40.5 Å². The monoisotopic (exact) mass is 361 g/mol. The van der Waals surface area contributed by atoms with Gasteiger partial charge in [-0.2, -0.15) is 0 Å². The zero-order valence-corrected chi connectivity index (χ0v) is 15.1. The van der Waals surface area contributed by atoms with E-state index in [1.807, 2.05) is 20.2 Å². The number of nitrogens with zero attached hydrogens (tertiary/aromatic N) is 2. The molecule has 0 aliphatic carbocycles. The van der Waals surface area contributed by atoms with Crippen LogP contribution < -0.4 is 10.1 Å². The normalized spacial score (nSPS) is 17.9. The lowest BCUT2D eigenvalue weighted by molar-refractivity contribution is 0.214. The Balaban J connectivity index is 1.84. The van der Waals surface area contributed by atoms with E-state index in [2.05, 4.69) is 15.1 Å². The highest BCUT2D eigenvalue weighted by Gasteiger charge is 2.26. The fourth-order valence-electron chi connectivity index (χ4n) is 2.27. The Labute approximate surface area is 147 Å². The van der Waals surface area contributed by atoms with Gasteiger partial charge in [-0.15, -0.1) is 0 Å². The van der Waals surface area contributed by atoms with E-state index in [1.54, 1.807) is 12.1 Å². The van der Waals surface area contributed by atoms with Crippen molar-refractivity contribution in [2.24, 2.45) is 0 Å². The third-order valence-corrected chi connectivity index (χ3v) is 4.47. The Kier molecular flexibility index (Phi) is 6.56. The quantitative estimate of drug-likeness (QED) is 0.814. The van der Waals surface area contributed by atoms with Crippen molar-refractivity contribution in [3.05, 3.63) is 28.2 Å². The summed E-state index contributed by atoms with van der Waals surface area (Å²) in [5.41, 5.74) is 0. The lowest BCUT2D eigenvalue weighted by Crippen LogP contribution is -2.41. The molecule has 1 saturated heterocycles. The predicted molar refractivity (Wildman–Crippen MR) is 96.2 cm³/mol. The zero-order chi connectivity index (χ0) is 16.1. The van der Waals surface area contributed by atoms with E-state index in [9.17, 15) is 0 Å². The first-order chi connectivity index (χ1) is 10.5. The van der Waals surface area contributed by atoms with E-state index in [1.165, 1.54) is 0 Å². The molecule has 1 unspecified atom stereocenters. The molecule has 7 heteroatoms. The van der Waals surface area contributed by atoms with Gasteiger partial charge in [0, 0.05) is 26.1 Å². The fourth-order valence-corrected chi connectivity index (χ4v) is 3.02. The molecule has 1 aromatic carbocycles. The van der Waals surface area contributed by atoms with Gasteiger partial charge in [-0.1, -0.05) is 29.3 Å². The van der Waals surface area contributed by atoms with Gasteiger partial charge in [0.2, 0.25) is 0 Å². The molecular weight excluding hydrogens is 341 g/mol. The van der Waals surface area contributed by atoms with Gasteiger partial charge in [-0.25, -0.2) is 0 Å². The number of benzene rings is 1. The number of hydrogen-bond acceptors (Lipinski definition) is 3. The Hall–Kier alpha value is -0.750. The molecule has 122 valence electrons. The second-order valence-corrected chi connectivity index (χ2v) is 6.76. The minimum atomic E-state index is 0.0472. The van der Waals surface area contributed by atoms with Crippen LogP contribution in [0.15, 0.2) is 18.2 Å². The molecule has 1 heterocycles. The second-order valence-electron chi connectivity index (χ2n) is 5.56. The van der Waals surface area contributed by atoms with Gasteiger partial charge in [0.05, 0.1) is 16.6 Å². The summed E-state index contributed by atoms with van der Waals surface area (Å²) in [6.45, 7) is 3.41. The molecule has 1 aromatic rings. The highest BCUT2D eigenvalue weighted by Crippen LogP contribution is 2.34. The molecule has 4 nitrogen and oxygen atoms in total. The number of thiocarbonyl (C=S) groups is 1. The van der Waals surface area contributed by atoms with Gasteiger partial charge in [0.25, 0.3) is 0 Å². The first-order valence-corrected chi connectivity index (χ1v) is 8.42. The topological polar surface area (TPSA) is 27.7 Å². The van der Waals surface area contributed by atoms with Crippen LogP contribution in [-0.4, -0.2) is 61.3 Å². The summed E-state index contributed by atoms with van der Waals surface area (Å²) < 4.78 is 5.96. The summed E-state index contributed by atoms with van der Waals surface area (Å²) >= 11 is 17.7. The van der Waals surface area contributed by atoms with Crippen LogP contribution in [0, 0.1) is 0 Å². The second kappa shape index (κ2) is 8.20. The molecule has 1 aliphatic heterocycles. The number of para-hydroxylation sites is 1. The van der Waals surface area contributed by atoms with Crippen LogP contribution in [0.25, 0.3) is 0 Å². The van der Waals surface area contributed by atoms with Crippen molar-refractivity contribution in [3.8, 4) is 5.75 Å². The molecule has 0 bridgehead atoms. The third-order valence-electron chi connectivity index (χ3n) is 3.47. The van der Waals surface area contributed by atoms with Crippen LogP contribution in [0.4, 0.5) is 0 Å². The Morgan fingerprint density at radius 2 is 2.09 bits per heavy atom.